The fraction of sp³-hybridized carbons (Fsp3) is 0.0588. The average molecular weight is 357 g/mol. The zero-order valence-electron chi connectivity index (χ0n) is 12.9. The lowest BCUT2D eigenvalue weighted by atomic mass is 10.2. The van der Waals surface area contributed by atoms with Gasteiger partial charge in [-0.1, -0.05) is 41.9 Å². The lowest BCUT2D eigenvalue weighted by Crippen LogP contribution is -2.14. The first-order valence-corrected chi connectivity index (χ1v) is 7.69. The predicted molar refractivity (Wildman–Crippen MR) is 92.0 cm³/mol. The van der Waals surface area contributed by atoms with E-state index in [1.54, 1.807) is 12.1 Å². The molecule has 7 nitrogen and oxygen atoms in total. The van der Waals surface area contributed by atoms with E-state index >= 15 is 0 Å². The minimum Gasteiger partial charge on any atom is -0.444 e. The van der Waals surface area contributed by atoms with Crippen LogP contribution in [0.15, 0.2) is 54.7 Å². The largest absolute Gasteiger partial charge is 0.444 e. The first kappa shape index (κ1) is 16.7. The van der Waals surface area contributed by atoms with Crippen molar-refractivity contribution >= 4 is 29.8 Å². The Morgan fingerprint density at radius 1 is 1.24 bits per heavy atom. The maximum absolute atomic E-state index is 11.9. The van der Waals surface area contributed by atoms with E-state index < -0.39 is 6.09 Å². The van der Waals surface area contributed by atoms with Gasteiger partial charge in [0.15, 0.2) is 17.9 Å². The number of amides is 1. The van der Waals surface area contributed by atoms with E-state index in [0.29, 0.717) is 11.3 Å². The zero-order valence-corrected chi connectivity index (χ0v) is 13.7. The molecule has 8 heteroatoms. The van der Waals surface area contributed by atoms with Crippen LogP contribution in [-0.4, -0.2) is 27.1 Å². The summed E-state index contributed by atoms with van der Waals surface area (Å²) in [5.74, 6) is 0.443. The molecule has 0 saturated heterocycles. The molecule has 0 aliphatic heterocycles. The maximum atomic E-state index is 11.9. The zero-order chi connectivity index (χ0) is 17.6. The van der Waals surface area contributed by atoms with Crippen LogP contribution in [0.1, 0.15) is 16.1 Å². The Morgan fingerprint density at radius 3 is 2.76 bits per heavy atom. The molecule has 3 aromatic rings. The summed E-state index contributed by atoms with van der Waals surface area (Å²) in [7, 11) is 0. The van der Waals surface area contributed by atoms with Crippen molar-refractivity contribution < 1.29 is 14.3 Å². The Kier molecular flexibility index (Phi) is 5.06. The van der Waals surface area contributed by atoms with Gasteiger partial charge < -0.3 is 4.74 Å². The fourth-order valence-electron chi connectivity index (χ4n) is 2.11. The molecule has 0 radical (unpaired) electrons. The molecule has 3 rings (SSSR count). The molecule has 126 valence electrons. The van der Waals surface area contributed by atoms with Gasteiger partial charge in [-0.3, -0.25) is 10.1 Å². The molecular weight excluding hydrogens is 344 g/mol. The SMILES string of the molecule is O=Cc1cc(NC(=O)OCc2ccccc2)nn1-c1ncccc1Cl. The Morgan fingerprint density at radius 2 is 2.04 bits per heavy atom. The van der Waals surface area contributed by atoms with Crippen LogP contribution >= 0.6 is 11.6 Å². The van der Waals surface area contributed by atoms with E-state index in [1.807, 2.05) is 30.3 Å². The molecule has 1 N–H and O–H groups in total. The van der Waals surface area contributed by atoms with E-state index in [1.165, 1.54) is 16.9 Å². The van der Waals surface area contributed by atoms with Crippen molar-refractivity contribution in [1.29, 1.82) is 0 Å². The van der Waals surface area contributed by atoms with Gasteiger partial charge >= 0.3 is 6.09 Å². The summed E-state index contributed by atoms with van der Waals surface area (Å²) in [6.07, 6.45) is 1.44. The fourth-order valence-corrected chi connectivity index (χ4v) is 2.31. The number of benzene rings is 1. The Balaban J connectivity index is 1.72. The number of hydrogen-bond donors (Lipinski definition) is 1. The number of nitrogens with one attached hydrogen (secondary N) is 1. The van der Waals surface area contributed by atoms with Crippen LogP contribution in [0, 0.1) is 0 Å². The molecule has 0 aliphatic rings. The van der Waals surface area contributed by atoms with Gasteiger partial charge in [0, 0.05) is 12.3 Å². The summed E-state index contributed by atoms with van der Waals surface area (Å²) in [4.78, 5) is 27.2. The standard InChI is InChI=1S/C17H13ClN4O3/c18-14-7-4-8-19-16(14)22-13(10-23)9-15(21-22)20-17(24)25-11-12-5-2-1-3-6-12/h1-10H,11H2,(H,20,21,24). The molecule has 2 aromatic heterocycles. The van der Waals surface area contributed by atoms with Crippen molar-refractivity contribution in [2.24, 2.45) is 0 Å². The van der Waals surface area contributed by atoms with Crippen LogP contribution in [0.25, 0.3) is 5.82 Å². The number of hydrogen-bond acceptors (Lipinski definition) is 5. The third kappa shape index (κ3) is 4.02. The number of halogens is 1. The smallest absolute Gasteiger partial charge is 0.413 e. The van der Waals surface area contributed by atoms with E-state index in [0.717, 1.165) is 5.56 Å². The highest BCUT2D eigenvalue weighted by Crippen LogP contribution is 2.20. The van der Waals surface area contributed by atoms with Gasteiger partial charge in [0.2, 0.25) is 0 Å². The number of aromatic nitrogens is 3. The third-order valence-corrected chi connectivity index (χ3v) is 3.54. The molecule has 1 aromatic carbocycles. The van der Waals surface area contributed by atoms with Crippen LogP contribution in [0.5, 0.6) is 0 Å². The van der Waals surface area contributed by atoms with E-state index in [4.69, 9.17) is 16.3 Å². The highest BCUT2D eigenvalue weighted by Gasteiger charge is 2.14. The average Bonchev–Trinajstić information content (AvgIpc) is 3.04. The van der Waals surface area contributed by atoms with Gasteiger partial charge in [-0.2, -0.15) is 0 Å². The molecule has 0 spiro atoms. The first-order valence-electron chi connectivity index (χ1n) is 7.31. The Hall–Kier alpha value is -3.19. The van der Waals surface area contributed by atoms with Crippen LogP contribution in [0.3, 0.4) is 0 Å². The topological polar surface area (TPSA) is 86.1 Å². The molecule has 25 heavy (non-hydrogen) atoms. The Bertz CT molecular complexity index is 896. The number of anilines is 1. The van der Waals surface area contributed by atoms with Gasteiger partial charge in [0.05, 0.1) is 5.02 Å². The molecule has 0 saturated carbocycles. The highest BCUT2D eigenvalue weighted by atomic mass is 35.5. The number of rotatable bonds is 5. The number of nitrogens with zero attached hydrogens (tertiary/aromatic N) is 3. The molecule has 0 unspecified atom stereocenters. The molecule has 0 atom stereocenters. The second-order valence-electron chi connectivity index (χ2n) is 4.98. The van der Waals surface area contributed by atoms with E-state index in [9.17, 15) is 9.59 Å². The van der Waals surface area contributed by atoms with Gasteiger partial charge in [0.1, 0.15) is 12.3 Å². The molecule has 0 aliphatic carbocycles. The molecule has 1 amide bonds. The van der Waals surface area contributed by atoms with Crippen LogP contribution in [-0.2, 0) is 11.3 Å². The first-order chi connectivity index (χ1) is 12.2. The molecular formula is C17H13ClN4O3. The second-order valence-corrected chi connectivity index (χ2v) is 5.39. The summed E-state index contributed by atoms with van der Waals surface area (Å²) < 4.78 is 6.37. The number of carbonyl (C=O) groups is 2. The molecule has 0 fully saturated rings. The second kappa shape index (κ2) is 7.59. The van der Waals surface area contributed by atoms with Crippen molar-refractivity contribution in [3.8, 4) is 5.82 Å². The highest BCUT2D eigenvalue weighted by molar-refractivity contribution is 6.32. The molecule has 0 bridgehead atoms. The van der Waals surface area contributed by atoms with Crippen LogP contribution in [0.4, 0.5) is 10.6 Å². The quantitative estimate of drug-likeness (QED) is 0.707. The predicted octanol–water partition coefficient (Wildman–Crippen LogP) is 3.48. The monoisotopic (exact) mass is 356 g/mol. The van der Waals surface area contributed by atoms with Gasteiger partial charge in [0.25, 0.3) is 0 Å². The van der Waals surface area contributed by atoms with Gasteiger partial charge in [-0.05, 0) is 17.7 Å². The number of pyridine rings is 1. The van der Waals surface area contributed by atoms with Crippen molar-refractivity contribution in [3.63, 3.8) is 0 Å². The number of aldehydes is 1. The molecule has 2 heterocycles. The minimum absolute atomic E-state index is 0.125. The number of ether oxygens (including phenoxy) is 1. The summed E-state index contributed by atoms with van der Waals surface area (Å²) in [6, 6.07) is 14.0. The van der Waals surface area contributed by atoms with E-state index in [-0.39, 0.29) is 23.9 Å². The third-order valence-electron chi connectivity index (χ3n) is 3.24. The van der Waals surface area contributed by atoms with Gasteiger partial charge in [-0.15, -0.1) is 5.10 Å². The normalized spacial score (nSPS) is 10.3. The van der Waals surface area contributed by atoms with Crippen molar-refractivity contribution in [3.05, 3.63) is 71.0 Å². The summed E-state index contributed by atoms with van der Waals surface area (Å²) in [6.45, 7) is 0.125. The van der Waals surface area contributed by atoms with Crippen molar-refractivity contribution in [1.82, 2.24) is 14.8 Å². The maximum Gasteiger partial charge on any atom is 0.413 e. The minimum atomic E-state index is -0.682. The lowest BCUT2D eigenvalue weighted by molar-refractivity contribution is 0.111. The van der Waals surface area contributed by atoms with Crippen molar-refractivity contribution in [2.45, 2.75) is 6.61 Å². The van der Waals surface area contributed by atoms with Gasteiger partial charge in [-0.25, -0.2) is 14.5 Å². The summed E-state index contributed by atoms with van der Waals surface area (Å²) in [5.41, 5.74) is 1.05. The van der Waals surface area contributed by atoms with Crippen molar-refractivity contribution in [2.75, 3.05) is 5.32 Å². The van der Waals surface area contributed by atoms with Crippen LogP contribution in [0.2, 0.25) is 5.02 Å². The van der Waals surface area contributed by atoms with Crippen LogP contribution < -0.4 is 5.32 Å². The lowest BCUT2D eigenvalue weighted by Gasteiger charge is -2.05. The summed E-state index contributed by atoms with van der Waals surface area (Å²) >= 11 is 6.07. The Labute approximate surface area is 148 Å². The van der Waals surface area contributed by atoms with E-state index in [2.05, 4.69) is 15.4 Å². The number of carbonyl (C=O) groups excluding carboxylic acids is 2. The summed E-state index contributed by atoms with van der Waals surface area (Å²) in [5, 5.41) is 6.93.